The van der Waals surface area contributed by atoms with Crippen LogP contribution in [0.25, 0.3) is 0 Å². The van der Waals surface area contributed by atoms with E-state index in [0.717, 1.165) is 22.3 Å². The molecule has 21 heavy (non-hydrogen) atoms. The molecule has 0 saturated heterocycles. The Labute approximate surface area is 133 Å². The number of hydrogen-bond acceptors (Lipinski definition) is 2. The lowest BCUT2D eigenvalue weighted by molar-refractivity contribution is 0.101. The Hall–Kier alpha value is -1.75. The minimum atomic E-state index is -0.149. The molecule has 0 fully saturated rings. The van der Waals surface area contributed by atoms with Gasteiger partial charge in [-0.25, -0.2) is 0 Å². The van der Waals surface area contributed by atoms with Gasteiger partial charge >= 0.3 is 0 Å². The Balaban J connectivity index is 2.11. The summed E-state index contributed by atoms with van der Waals surface area (Å²) in [5, 5.41) is 2.88. The fourth-order valence-corrected chi connectivity index (χ4v) is 2.43. The molecule has 5 heteroatoms. The summed E-state index contributed by atoms with van der Waals surface area (Å²) in [5.41, 5.74) is 1.31. The first-order valence-electron chi connectivity index (χ1n) is 6.89. The van der Waals surface area contributed by atoms with Crippen molar-refractivity contribution in [2.75, 3.05) is 5.32 Å². The molecule has 1 aromatic carbocycles. The largest absolute Gasteiger partial charge is 0.491 e. The summed E-state index contributed by atoms with van der Waals surface area (Å²) in [6, 6.07) is 9.23. The van der Waals surface area contributed by atoms with Gasteiger partial charge in [0, 0.05) is 29.5 Å². The number of benzene rings is 1. The van der Waals surface area contributed by atoms with Gasteiger partial charge in [-0.15, -0.1) is 0 Å². The zero-order valence-electron chi connectivity index (χ0n) is 12.4. The molecule has 1 N–H and O–H groups in total. The average Bonchev–Trinajstić information content (AvgIpc) is 2.78. The normalized spacial score (nSPS) is 12.0. The maximum absolute atomic E-state index is 12.2. The highest BCUT2D eigenvalue weighted by molar-refractivity contribution is 9.10. The van der Waals surface area contributed by atoms with E-state index in [2.05, 4.69) is 28.2 Å². The van der Waals surface area contributed by atoms with Gasteiger partial charge in [0.1, 0.15) is 11.4 Å². The quantitative estimate of drug-likeness (QED) is 0.877. The Morgan fingerprint density at radius 3 is 2.81 bits per heavy atom. The molecule has 1 unspecified atom stereocenters. The third kappa shape index (κ3) is 4.11. The second-order valence-corrected chi connectivity index (χ2v) is 5.89. The Kier molecular flexibility index (Phi) is 5.07. The van der Waals surface area contributed by atoms with Gasteiger partial charge in [-0.05, 0) is 47.5 Å². The molecule has 1 aromatic heterocycles. The van der Waals surface area contributed by atoms with Gasteiger partial charge < -0.3 is 14.6 Å². The molecule has 0 saturated carbocycles. The lowest BCUT2D eigenvalue weighted by Crippen LogP contribution is -2.15. The Bertz CT molecular complexity index is 637. The van der Waals surface area contributed by atoms with Gasteiger partial charge in [-0.3, -0.25) is 4.79 Å². The van der Waals surface area contributed by atoms with Crippen molar-refractivity contribution >= 4 is 27.5 Å². The maximum Gasteiger partial charge on any atom is 0.272 e. The van der Waals surface area contributed by atoms with Crippen molar-refractivity contribution < 1.29 is 9.53 Å². The van der Waals surface area contributed by atoms with Gasteiger partial charge in [0.15, 0.2) is 0 Å². The molecule has 4 nitrogen and oxygen atoms in total. The molecular formula is C16H19BrN2O2. The van der Waals surface area contributed by atoms with E-state index in [0.29, 0.717) is 5.69 Å². The standard InChI is InChI=1S/C16H19BrN2O2/c1-4-11(2)21-14-7-5-6-13(9-14)18-16(20)15-8-12(17)10-19(15)3/h5-11H,4H2,1-3H3,(H,18,20). The van der Waals surface area contributed by atoms with Crippen molar-refractivity contribution in [2.24, 2.45) is 7.05 Å². The van der Waals surface area contributed by atoms with Crippen LogP contribution in [0.3, 0.4) is 0 Å². The lowest BCUT2D eigenvalue weighted by Gasteiger charge is -2.13. The van der Waals surface area contributed by atoms with Crippen LogP contribution in [-0.4, -0.2) is 16.6 Å². The van der Waals surface area contributed by atoms with Crippen LogP contribution in [-0.2, 0) is 7.05 Å². The van der Waals surface area contributed by atoms with E-state index in [-0.39, 0.29) is 12.0 Å². The monoisotopic (exact) mass is 350 g/mol. The van der Waals surface area contributed by atoms with Gasteiger partial charge in [-0.1, -0.05) is 13.0 Å². The number of aromatic nitrogens is 1. The molecule has 2 aromatic rings. The number of nitrogens with zero attached hydrogens (tertiary/aromatic N) is 1. The average molecular weight is 351 g/mol. The summed E-state index contributed by atoms with van der Waals surface area (Å²) in [7, 11) is 1.84. The van der Waals surface area contributed by atoms with Crippen LogP contribution in [0.15, 0.2) is 41.0 Å². The zero-order valence-corrected chi connectivity index (χ0v) is 14.0. The molecule has 2 rings (SSSR count). The molecule has 0 spiro atoms. The predicted octanol–water partition coefficient (Wildman–Crippen LogP) is 4.22. The van der Waals surface area contributed by atoms with Crippen LogP contribution in [0.2, 0.25) is 0 Å². The summed E-state index contributed by atoms with van der Waals surface area (Å²) < 4.78 is 8.41. The first-order valence-corrected chi connectivity index (χ1v) is 7.69. The van der Waals surface area contributed by atoms with E-state index in [1.807, 2.05) is 44.4 Å². The van der Waals surface area contributed by atoms with Crippen molar-refractivity contribution in [3.05, 3.63) is 46.7 Å². The fraction of sp³-hybridized carbons (Fsp3) is 0.312. The fourth-order valence-electron chi connectivity index (χ4n) is 1.91. The summed E-state index contributed by atoms with van der Waals surface area (Å²) in [6.07, 6.45) is 2.94. The minimum absolute atomic E-state index is 0.149. The highest BCUT2D eigenvalue weighted by Gasteiger charge is 2.11. The molecule has 0 aliphatic heterocycles. The molecule has 0 aliphatic carbocycles. The van der Waals surface area contributed by atoms with Gasteiger partial charge in [-0.2, -0.15) is 0 Å². The highest BCUT2D eigenvalue weighted by atomic mass is 79.9. The van der Waals surface area contributed by atoms with Crippen LogP contribution in [0.5, 0.6) is 5.75 Å². The molecule has 0 bridgehead atoms. The molecular weight excluding hydrogens is 332 g/mol. The van der Waals surface area contributed by atoms with Crippen LogP contribution in [0.4, 0.5) is 5.69 Å². The van der Waals surface area contributed by atoms with Crippen molar-refractivity contribution in [2.45, 2.75) is 26.4 Å². The molecule has 0 radical (unpaired) electrons. The summed E-state index contributed by atoms with van der Waals surface area (Å²) in [4.78, 5) is 12.2. The molecule has 1 heterocycles. The predicted molar refractivity (Wildman–Crippen MR) is 87.9 cm³/mol. The van der Waals surface area contributed by atoms with Crippen molar-refractivity contribution in [1.29, 1.82) is 0 Å². The number of carbonyl (C=O) groups is 1. The first-order chi connectivity index (χ1) is 9.99. The summed E-state index contributed by atoms with van der Waals surface area (Å²) >= 11 is 3.36. The second-order valence-electron chi connectivity index (χ2n) is 4.97. The number of amides is 1. The summed E-state index contributed by atoms with van der Waals surface area (Å²) in [5.74, 6) is 0.610. The van der Waals surface area contributed by atoms with E-state index < -0.39 is 0 Å². The van der Waals surface area contributed by atoms with Crippen LogP contribution in [0, 0.1) is 0 Å². The number of rotatable bonds is 5. The van der Waals surface area contributed by atoms with Crippen LogP contribution >= 0.6 is 15.9 Å². The second kappa shape index (κ2) is 6.80. The minimum Gasteiger partial charge on any atom is -0.491 e. The third-order valence-corrected chi connectivity index (χ3v) is 3.64. The number of aryl methyl sites for hydroxylation is 1. The van der Waals surface area contributed by atoms with Crippen LogP contribution < -0.4 is 10.1 Å². The maximum atomic E-state index is 12.2. The highest BCUT2D eigenvalue weighted by Crippen LogP contribution is 2.21. The number of hydrogen-bond donors (Lipinski definition) is 1. The number of halogens is 1. The van der Waals surface area contributed by atoms with E-state index in [1.54, 1.807) is 10.6 Å². The van der Waals surface area contributed by atoms with E-state index in [1.165, 1.54) is 0 Å². The molecule has 112 valence electrons. The lowest BCUT2D eigenvalue weighted by atomic mass is 10.2. The molecule has 0 aliphatic rings. The van der Waals surface area contributed by atoms with Gasteiger partial charge in [0.2, 0.25) is 0 Å². The smallest absolute Gasteiger partial charge is 0.272 e. The SMILES string of the molecule is CCC(C)Oc1cccc(NC(=O)c2cc(Br)cn2C)c1. The Morgan fingerprint density at radius 2 is 2.19 bits per heavy atom. The third-order valence-electron chi connectivity index (χ3n) is 3.21. The molecule has 1 atom stereocenters. The summed E-state index contributed by atoms with van der Waals surface area (Å²) in [6.45, 7) is 4.09. The van der Waals surface area contributed by atoms with E-state index in [9.17, 15) is 4.79 Å². The zero-order chi connectivity index (χ0) is 15.4. The number of anilines is 1. The van der Waals surface area contributed by atoms with Gasteiger partial charge in [0.05, 0.1) is 6.10 Å². The topological polar surface area (TPSA) is 43.3 Å². The van der Waals surface area contributed by atoms with Crippen molar-refractivity contribution in [1.82, 2.24) is 4.57 Å². The van der Waals surface area contributed by atoms with E-state index >= 15 is 0 Å². The van der Waals surface area contributed by atoms with Crippen molar-refractivity contribution in [3.8, 4) is 5.75 Å². The van der Waals surface area contributed by atoms with E-state index in [4.69, 9.17) is 4.74 Å². The number of ether oxygens (including phenoxy) is 1. The number of carbonyl (C=O) groups excluding carboxylic acids is 1. The Morgan fingerprint density at radius 1 is 1.43 bits per heavy atom. The number of nitrogens with one attached hydrogen (secondary N) is 1. The van der Waals surface area contributed by atoms with Crippen LogP contribution in [0.1, 0.15) is 30.8 Å². The van der Waals surface area contributed by atoms with Crippen molar-refractivity contribution in [3.63, 3.8) is 0 Å². The van der Waals surface area contributed by atoms with Gasteiger partial charge in [0.25, 0.3) is 5.91 Å². The molecule has 1 amide bonds. The first kappa shape index (κ1) is 15.6.